The lowest BCUT2D eigenvalue weighted by Crippen LogP contribution is -2.41. The first kappa shape index (κ1) is 18.5. The van der Waals surface area contributed by atoms with E-state index < -0.39 is 5.91 Å². The van der Waals surface area contributed by atoms with Crippen molar-refractivity contribution in [3.8, 4) is 11.4 Å². The number of rotatable bonds is 5. The van der Waals surface area contributed by atoms with Gasteiger partial charge in [-0.1, -0.05) is 48.5 Å². The Kier molecular flexibility index (Phi) is 5.39. The number of amides is 2. The van der Waals surface area contributed by atoms with Gasteiger partial charge in [0.05, 0.1) is 11.4 Å². The van der Waals surface area contributed by atoms with Crippen molar-refractivity contribution in [2.45, 2.75) is 6.54 Å². The molecule has 2 heterocycles. The Hall–Kier alpha value is -3.85. The van der Waals surface area contributed by atoms with Gasteiger partial charge >= 0.3 is 0 Å². The van der Waals surface area contributed by atoms with Crippen LogP contribution in [0.2, 0.25) is 0 Å². The number of carbonyl (C=O) groups is 2. The van der Waals surface area contributed by atoms with Crippen molar-refractivity contribution >= 4 is 23.2 Å². The summed E-state index contributed by atoms with van der Waals surface area (Å²) in [5.74, 6) is -0.189. The van der Waals surface area contributed by atoms with Gasteiger partial charge in [0.25, 0.3) is 11.8 Å². The summed E-state index contributed by atoms with van der Waals surface area (Å²) >= 11 is 1.30. The van der Waals surface area contributed by atoms with Crippen molar-refractivity contribution in [1.82, 2.24) is 31.1 Å². The molecule has 2 aromatic carbocycles. The van der Waals surface area contributed by atoms with Crippen LogP contribution >= 0.6 is 11.3 Å². The van der Waals surface area contributed by atoms with Crippen molar-refractivity contribution in [3.05, 3.63) is 88.1 Å². The predicted molar refractivity (Wildman–Crippen MR) is 108 cm³/mol. The number of aromatic nitrogens is 4. The maximum Gasteiger partial charge on any atom is 0.279 e. The lowest BCUT2D eigenvalue weighted by molar-refractivity contribution is 0.0849. The highest BCUT2D eigenvalue weighted by molar-refractivity contribution is 7.12. The van der Waals surface area contributed by atoms with Crippen LogP contribution in [0.25, 0.3) is 11.4 Å². The highest BCUT2D eigenvalue weighted by Gasteiger charge is 2.10. The van der Waals surface area contributed by atoms with E-state index >= 15 is 0 Å². The van der Waals surface area contributed by atoms with E-state index in [1.807, 2.05) is 42.5 Å². The summed E-state index contributed by atoms with van der Waals surface area (Å²) in [6.45, 7) is 0.427. The molecule has 0 unspecified atom stereocenters. The molecule has 0 bridgehead atoms. The molecule has 4 aromatic rings. The fraction of sp³-hybridized carbons (Fsp3) is 0.0500. The average molecular weight is 404 g/mol. The number of hydrazine groups is 1. The standard InChI is InChI=1S/C20H16N6O2S/c27-19(22-23-20(28)17-7-4-12-29-17)16-10-8-14(9-11-16)13-26-24-18(21-25-26)15-5-2-1-3-6-15/h1-12H,13H2,(H,22,27)(H,23,28). The van der Waals surface area contributed by atoms with E-state index in [1.54, 1.807) is 29.6 Å². The Balaban J connectivity index is 1.35. The van der Waals surface area contributed by atoms with Gasteiger partial charge in [-0.3, -0.25) is 20.4 Å². The van der Waals surface area contributed by atoms with E-state index in [2.05, 4.69) is 26.3 Å². The molecule has 0 saturated carbocycles. The van der Waals surface area contributed by atoms with Crippen LogP contribution in [0.1, 0.15) is 25.6 Å². The molecule has 0 spiro atoms. The predicted octanol–water partition coefficient (Wildman–Crippen LogP) is 2.52. The molecule has 0 saturated heterocycles. The second-order valence-electron chi connectivity index (χ2n) is 6.09. The van der Waals surface area contributed by atoms with Crippen LogP contribution in [0.3, 0.4) is 0 Å². The maximum absolute atomic E-state index is 12.2. The largest absolute Gasteiger partial charge is 0.279 e. The van der Waals surface area contributed by atoms with Crippen LogP contribution in [-0.2, 0) is 6.54 Å². The first-order valence-corrected chi connectivity index (χ1v) is 9.63. The van der Waals surface area contributed by atoms with Crippen LogP contribution in [-0.4, -0.2) is 32.0 Å². The van der Waals surface area contributed by atoms with Gasteiger partial charge in [0, 0.05) is 11.1 Å². The number of benzene rings is 2. The summed E-state index contributed by atoms with van der Waals surface area (Å²) < 4.78 is 0. The van der Waals surface area contributed by atoms with E-state index in [0.717, 1.165) is 11.1 Å². The number of nitrogens with one attached hydrogen (secondary N) is 2. The van der Waals surface area contributed by atoms with Gasteiger partial charge in [-0.15, -0.1) is 21.5 Å². The third-order valence-electron chi connectivity index (χ3n) is 4.06. The van der Waals surface area contributed by atoms with Gasteiger partial charge in [-0.2, -0.15) is 4.80 Å². The second kappa shape index (κ2) is 8.44. The molecule has 2 N–H and O–H groups in total. The number of hydrogen-bond acceptors (Lipinski definition) is 6. The Morgan fingerprint density at radius 2 is 1.66 bits per heavy atom. The Morgan fingerprint density at radius 3 is 2.38 bits per heavy atom. The van der Waals surface area contributed by atoms with Crippen molar-refractivity contribution in [2.24, 2.45) is 0 Å². The molecule has 0 aliphatic carbocycles. The van der Waals surface area contributed by atoms with Gasteiger partial charge in [0.2, 0.25) is 5.82 Å². The van der Waals surface area contributed by atoms with Gasteiger partial charge in [0.1, 0.15) is 0 Å². The molecule has 29 heavy (non-hydrogen) atoms. The molecular weight excluding hydrogens is 388 g/mol. The van der Waals surface area contributed by atoms with E-state index in [-0.39, 0.29) is 5.91 Å². The number of tetrazole rings is 1. The van der Waals surface area contributed by atoms with Crippen molar-refractivity contribution in [1.29, 1.82) is 0 Å². The van der Waals surface area contributed by atoms with Crippen LogP contribution in [0.5, 0.6) is 0 Å². The highest BCUT2D eigenvalue weighted by Crippen LogP contribution is 2.13. The number of hydrogen-bond donors (Lipinski definition) is 2. The summed E-state index contributed by atoms with van der Waals surface area (Å²) in [7, 11) is 0. The molecule has 9 heteroatoms. The quantitative estimate of drug-likeness (QED) is 0.498. The van der Waals surface area contributed by atoms with Crippen molar-refractivity contribution < 1.29 is 9.59 Å². The summed E-state index contributed by atoms with van der Waals surface area (Å²) in [4.78, 5) is 26.1. The summed E-state index contributed by atoms with van der Waals surface area (Å²) in [6.07, 6.45) is 0. The first-order chi connectivity index (χ1) is 14.2. The lowest BCUT2D eigenvalue weighted by Gasteiger charge is -2.07. The van der Waals surface area contributed by atoms with Gasteiger partial charge in [0.15, 0.2) is 0 Å². The van der Waals surface area contributed by atoms with Gasteiger partial charge in [-0.25, -0.2) is 0 Å². The molecular formula is C20H16N6O2S. The molecule has 0 atom stereocenters. The third-order valence-corrected chi connectivity index (χ3v) is 4.93. The Labute approximate surface area is 170 Å². The average Bonchev–Trinajstić information content (AvgIpc) is 3.45. The van der Waals surface area contributed by atoms with Crippen molar-refractivity contribution in [2.75, 3.05) is 0 Å². The molecule has 0 aliphatic heterocycles. The molecule has 0 radical (unpaired) electrons. The fourth-order valence-corrected chi connectivity index (χ4v) is 3.21. The summed E-state index contributed by atoms with van der Waals surface area (Å²) in [5.41, 5.74) is 7.05. The Bertz CT molecular complexity index is 1110. The third kappa shape index (κ3) is 4.53. The fourth-order valence-electron chi connectivity index (χ4n) is 2.59. The van der Waals surface area contributed by atoms with Crippen molar-refractivity contribution in [3.63, 3.8) is 0 Å². The minimum absolute atomic E-state index is 0.351. The first-order valence-electron chi connectivity index (χ1n) is 8.75. The van der Waals surface area contributed by atoms with E-state index in [1.165, 1.54) is 16.1 Å². The van der Waals surface area contributed by atoms with E-state index in [0.29, 0.717) is 22.8 Å². The number of nitrogens with zero attached hydrogens (tertiary/aromatic N) is 4. The van der Waals surface area contributed by atoms with Crippen LogP contribution in [0.15, 0.2) is 72.1 Å². The zero-order valence-electron chi connectivity index (χ0n) is 15.1. The Morgan fingerprint density at radius 1 is 0.897 bits per heavy atom. The van der Waals surface area contributed by atoms with Gasteiger partial charge < -0.3 is 0 Å². The summed E-state index contributed by atoms with van der Waals surface area (Å²) in [5, 5.41) is 14.3. The normalized spacial score (nSPS) is 10.5. The lowest BCUT2D eigenvalue weighted by atomic mass is 10.1. The van der Waals surface area contributed by atoms with E-state index in [4.69, 9.17) is 0 Å². The minimum Gasteiger partial charge on any atom is -0.267 e. The van der Waals surface area contributed by atoms with E-state index in [9.17, 15) is 9.59 Å². The molecule has 2 amide bonds. The van der Waals surface area contributed by atoms with Crippen LogP contribution in [0, 0.1) is 0 Å². The van der Waals surface area contributed by atoms with Crippen LogP contribution < -0.4 is 10.9 Å². The second-order valence-corrected chi connectivity index (χ2v) is 7.04. The zero-order chi connectivity index (χ0) is 20.1. The number of carbonyl (C=O) groups excluding carboxylic acids is 2. The minimum atomic E-state index is -0.397. The SMILES string of the molecule is O=C(NNC(=O)c1cccs1)c1ccc(Cn2nnc(-c3ccccc3)n2)cc1. The summed E-state index contributed by atoms with van der Waals surface area (Å²) in [6, 6.07) is 20.0. The van der Waals surface area contributed by atoms with Crippen LogP contribution in [0.4, 0.5) is 0 Å². The molecule has 144 valence electrons. The molecule has 0 fully saturated rings. The highest BCUT2D eigenvalue weighted by atomic mass is 32.1. The maximum atomic E-state index is 12.2. The molecule has 4 rings (SSSR count). The molecule has 0 aliphatic rings. The molecule has 8 nitrogen and oxygen atoms in total. The zero-order valence-corrected chi connectivity index (χ0v) is 16.0. The smallest absolute Gasteiger partial charge is 0.267 e. The van der Waals surface area contributed by atoms with Gasteiger partial charge in [-0.05, 0) is 34.4 Å². The monoisotopic (exact) mass is 404 g/mol. The number of thiophene rings is 1. The molecule has 2 aromatic heterocycles. The topological polar surface area (TPSA) is 102 Å².